The minimum atomic E-state index is -0.397. The van der Waals surface area contributed by atoms with E-state index in [1.54, 1.807) is 24.3 Å². The van der Waals surface area contributed by atoms with E-state index in [9.17, 15) is 10.1 Å². The maximum atomic E-state index is 12.3. The summed E-state index contributed by atoms with van der Waals surface area (Å²) >= 11 is 0. The SMILES string of the molecule is CCN(CC)CCOC(=O)c1ccc(-n2nc3c(c(C#N)c2=N)CC(C)(C)OC3)cc1. The van der Waals surface area contributed by atoms with Gasteiger partial charge in [0, 0.05) is 18.5 Å². The van der Waals surface area contributed by atoms with E-state index in [1.165, 1.54) is 4.68 Å². The van der Waals surface area contributed by atoms with E-state index >= 15 is 0 Å². The minimum Gasteiger partial charge on any atom is -0.461 e. The third-order valence-electron chi connectivity index (χ3n) is 5.52. The Morgan fingerprint density at radius 1 is 1.32 bits per heavy atom. The summed E-state index contributed by atoms with van der Waals surface area (Å²) in [6, 6.07) is 8.86. The highest BCUT2D eigenvalue weighted by molar-refractivity contribution is 5.89. The van der Waals surface area contributed by atoms with Crippen molar-refractivity contribution in [3.05, 3.63) is 52.1 Å². The number of likely N-dealkylation sites (N-methyl/N-ethyl adjacent to an activating group) is 1. The van der Waals surface area contributed by atoms with Crippen molar-refractivity contribution in [1.82, 2.24) is 14.7 Å². The molecule has 0 unspecified atom stereocenters. The van der Waals surface area contributed by atoms with E-state index in [2.05, 4.69) is 29.9 Å². The first kappa shape index (κ1) is 22.7. The van der Waals surface area contributed by atoms with Crippen LogP contribution in [0.25, 0.3) is 5.69 Å². The normalized spacial score (nSPS) is 14.7. The molecule has 1 aromatic carbocycles. The smallest absolute Gasteiger partial charge is 0.338 e. The van der Waals surface area contributed by atoms with Crippen LogP contribution < -0.4 is 5.49 Å². The maximum absolute atomic E-state index is 12.3. The van der Waals surface area contributed by atoms with E-state index in [0.717, 1.165) is 18.7 Å². The predicted octanol–water partition coefficient (Wildman–Crippen LogP) is 2.57. The van der Waals surface area contributed by atoms with Gasteiger partial charge in [-0.2, -0.15) is 10.4 Å². The molecule has 1 aliphatic rings. The molecular formula is C23H29N5O3. The van der Waals surface area contributed by atoms with E-state index in [0.29, 0.717) is 42.1 Å². The van der Waals surface area contributed by atoms with Gasteiger partial charge in [0.05, 0.1) is 29.2 Å². The number of nitrogens with one attached hydrogen (secondary N) is 1. The van der Waals surface area contributed by atoms with Crippen LogP contribution >= 0.6 is 0 Å². The zero-order valence-corrected chi connectivity index (χ0v) is 18.6. The summed E-state index contributed by atoms with van der Waals surface area (Å²) < 4.78 is 12.6. The van der Waals surface area contributed by atoms with E-state index in [-0.39, 0.29) is 18.1 Å². The Balaban J connectivity index is 1.81. The lowest BCUT2D eigenvalue weighted by molar-refractivity contribution is -0.0428. The van der Waals surface area contributed by atoms with Gasteiger partial charge in [0.2, 0.25) is 0 Å². The van der Waals surface area contributed by atoms with Gasteiger partial charge in [-0.15, -0.1) is 0 Å². The number of carbonyl (C=O) groups is 1. The number of rotatable bonds is 7. The second kappa shape index (κ2) is 9.41. The molecule has 0 radical (unpaired) electrons. The molecule has 3 rings (SSSR count). The van der Waals surface area contributed by atoms with Gasteiger partial charge >= 0.3 is 5.97 Å². The van der Waals surface area contributed by atoms with Gasteiger partial charge < -0.3 is 14.4 Å². The fourth-order valence-electron chi connectivity index (χ4n) is 3.61. The fourth-order valence-corrected chi connectivity index (χ4v) is 3.61. The molecule has 0 saturated carbocycles. The number of hydrogen-bond acceptors (Lipinski definition) is 7. The Bertz CT molecular complexity index is 1050. The Kier molecular flexibility index (Phi) is 6.88. The van der Waals surface area contributed by atoms with Gasteiger partial charge in [0.1, 0.15) is 18.2 Å². The molecule has 0 atom stereocenters. The van der Waals surface area contributed by atoms with Crippen molar-refractivity contribution >= 4 is 5.97 Å². The largest absolute Gasteiger partial charge is 0.461 e. The van der Waals surface area contributed by atoms with Gasteiger partial charge in [0.15, 0.2) is 5.49 Å². The van der Waals surface area contributed by atoms with Crippen LogP contribution in [0.2, 0.25) is 0 Å². The Hall–Kier alpha value is -3.02. The van der Waals surface area contributed by atoms with Crippen LogP contribution in [0.1, 0.15) is 54.9 Å². The Morgan fingerprint density at radius 3 is 2.61 bits per heavy atom. The summed E-state index contributed by atoms with van der Waals surface area (Å²) in [5.74, 6) is -0.387. The van der Waals surface area contributed by atoms with Crippen molar-refractivity contribution in [3.63, 3.8) is 0 Å². The molecule has 0 aliphatic carbocycles. The molecule has 0 saturated heterocycles. The average molecular weight is 424 g/mol. The lowest BCUT2D eigenvalue weighted by Crippen LogP contribution is -2.37. The molecule has 31 heavy (non-hydrogen) atoms. The molecule has 2 aromatic rings. The van der Waals surface area contributed by atoms with Crippen molar-refractivity contribution in [2.75, 3.05) is 26.2 Å². The molecule has 1 N–H and O–H groups in total. The molecule has 0 amide bonds. The van der Waals surface area contributed by atoms with Gasteiger partial charge in [-0.25, -0.2) is 9.48 Å². The maximum Gasteiger partial charge on any atom is 0.338 e. The molecule has 0 bridgehead atoms. The number of fused-ring (bicyclic) bond motifs is 1. The first-order valence-electron chi connectivity index (χ1n) is 10.5. The monoisotopic (exact) mass is 423 g/mol. The number of nitrogens with zero attached hydrogens (tertiary/aromatic N) is 4. The van der Waals surface area contributed by atoms with Gasteiger partial charge in [0.25, 0.3) is 0 Å². The molecule has 1 aliphatic heterocycles. The highest BCUT2D eigenvalue weighted by Gasteiger charge is 2.30. The molecule has 8 heteroatoms. The molecule has 1 aromatic heterocycles. The van der Waals surface area contributed by atoms with Gasteiger partial charge in [-0.05, 0) is 51.2 Å². The standard InChI is InChI=1S/C23H29N5O3/c1-5-27(6-2)11-12-30-22(29)16-7-9-17(10-8-16)28-21(25)19(14-24)18-13-23(3,4)31-15-20(18)26-28/h7-10,25H,5-6,11-13,15H2,1-4H3. The van der Waals surface area contributed by atoms with Crippen LogP contribution in [-0.2, 0) is 22.5 Å². The number of benzene rings is 1. The number of nitriles is 1. The third-order valence-corrected chi connectivity index (χ3v) is 5.52. The number of hydrogen-bond donors (Lipinski definition) is 1. The van der Waals surface area contributed by atoms with E-state index < -0.39 is 5.60 Å². The molecule has 0 spiro atoms. The van der Waals surface area contributed by atoms with E-state index in [1.807, 2.05) is 13.8 Å². The van der Waals surface area contributed by atoms with Gasteiger partial charge in [-0.3, -0.25) is 5.41 Å². The second-order valence-electron chi connectivity index (χ2n) is 8.11. The summed E-state index contributed by atoms with van der Waals surface area (Å²) in [5, 5.41) is 22.7. The third kappa shape index (κ3) is 5.01. The predicted molar refractivity (Wildman–Crippen MR) is 115 cm³/mol. The number of aromatic nitrogens is 2. The van der Waals surface area contributed by atoms with Crippen LogP contribution in [0, 0.1) is 16.7 Å². The number of carbonyl (C=O) groups excluding carboxylic acids is 1. The summed E-state index contributed by atoms with van der Waals surface area (Å²) in [4.78, 5) is 14.5. The van der Waals surface area contributed by atoms with Crippen molar-refractivity contribution in [2.24, 2.45) is 0 Å². The lowest BCUT2D eigenvalue weighted by atomic mass is 9.92. The highest BCUT2D eigenvalue weighted by Crippen LogP contribution is 2.27. The van der Waals surface area contributed by atoms with Crippen LogP contribution in [-0.4, -0.2) is 52.5 Å². The zero-order valence-electron chi connectivity index (χ0n) is 18.6. The highest BCUT2D eigenvalue weighted by atomic mass is 16.5. The average Bonchev–Trinajstić information content (AvgIpc) is 2.76. The topological polar surface area (TPSA) is 104 Å². The summed E-state index contributed by atoms with van der Waals surface area (Å²) in [6.07, 6.45) is 0.531. The van der Waals surface area contributed by atoms with Crippen molar-refractivity contribution in [2.45, 2.75) is 46.3 Å². The Morgan fingerprint density at radius 2 is 2.00 bits per heavy atom. The number of ether oxygens (including phenoxy) is 2. The Labute approximate surface area is 182 Å². The molecule has 8 nitrogen and oxygen atoms in total. The van der Waals surface area contributed by atoms with Crippen LogP contribution in [0.5, 0.6) is 0 Å². The summed E-state index contributed by atoms with van der Waals surface area (Å²) in [6.45, 7) is 11.2. The summed E-state index contributed by atoms with van der Waals surface area (Å²) in [7, 11) is 0. The molecular weight excluding hydrogens is 394 g/mol. The zero-order chi connectivity index (χ0) is 22.6. The molecule has 0 fully saturated rings. The minimum absolute atomic E-state index is 0.0218. The van der Waals surface area contributed by atoms with Crippen LogP contribution in [0.4, 0.5) is 0 Å². The lowest BCUT2D eigenvalue weighted by Gasteiger charge is -2.31. The summed E-state index contributed by atoms with van der Waals surface area (Å²) in [5.41, 5.74) is 2.38. The van der Waals surface area contributed by atoms with Crippen molar-refractivity contribution in [1.29, 1.82) is 10.7 Å². The van der Waals surface area contributed by atoms with Crippen LogP contribution in [0.3, 0.4) is 0 Å². The van der Waals surface area contributed by atoms with Crippen molar-refractivity contribution < 1.29 is 14.3 Å². The molecule has 2 heterocycles. The second-order valence-corrected chi connectivity index (χ2v) is 8.11. The van der Waals surface area contributed by atoms with Gasteiger partial charge in [-0.1, -0.05) is 13.8 Å². The molecule has 164 valence electrons. The first-order chi connectivity index (χ1) is 14.8. The number of esters is 1. The fraction of sp³-hybridized carbons (Fsp3) is 0.478. The first-order valence-corrected chi connectivity index (χ1v) is 10.5. The quantitative estimate of drug-likeness (QED) is 0.687. The van der Waals surface area contributed by atoms with E-state index in [4.69, 9.17) is 14.9 Å². The van der Waals surface area contributed by atoms with Crippen LogP contribution in [0.15, 0.2) is 24.3 Å². The van der Waals surface area contributed by atoms with Crippen molar-refractivity contribution in [3.8, 4) is 11.8 Å².